The number of amides is 1. The predicted octanol–water partition coefficient (Wildman–Crippen LogP) is 2.83. The minimum absolute atomic E-state index is 0.208. The summed E-state index contributed by atoms with van der Waals surface area (Å²) in [5, 5.41) is 6.83. The van der Waals surface area contributed by atoms with Crippen LogP contribution in [0.5, 0.6) is 5.75 Å². The van der Waals surface area contributed by atoms with Gasteiger partial charge in [-0.1, -0.05) is 35.5 Å². The van der Waals surface area contributed by atoms with E-state index in [-0.39, 0.29) is 5.91 Å². The van der Waals surface area contributed by atoms with Crippen molar-refractivity contribution in [2.24, 2.45) is 5.16 Å². The molecule has 0 aliphatic carbocycles. The molecule has 1 aliphatic heterocycles. The summed E-state index contributed by atoms with van der Waals surface area (Å²) >= 11 is 0. The Hall–Kier alpha value is -2.82. The lowest BCUT2D eigenvalue weighted by Gasteiger charge is -2.10. The van der Waals surface area contributed by atoms with Gasteiger partial charge in [-0.25, -0.2) is 0 Å². The number of ether oxygens (including phenoxy) is 1. The van der Waals surface area contributed by atoms with E-state index in [0.29, 0.717) is 12.1 Å². The van der Waals surface area contributed by atoms with E-state index in [1.54, 1.807) is 31.4 Å². The maximum absolute atomic E-state index is 12.2. The molecule has 0 saturated carbocycles. The SMILES string of the molecule is COc1ccc(NC(=O)C2CC(c3ccccc3)=NO2)cc1. The Morgan fingerprint density at radius 3 is 2.59 bits per heavy atom. The number of hydrogen-bond acceptors (Lipinski definition) is 4. The van der Waals surface area contributed by atoms with Crippen LogP contribution in [0.25, 0.3) is 0 Å². The smallest absolute Gasteiger partial charge is 0.268 e. The lowest BCUT2D eigenvalue weighted by atomic mass is 10.0. The van der Waals surface area contributed by atoms with E-state index in [9.17, 15) is 4.79 Å². The van der Waals surface area contributed by atoms with Crippen LogP contribution in [0, 0.1) is 0 Å². The van der Waals surface area contributed by atoms with Gasteiger partial charge in [0.2, 0.25) is 6.10 Å². The zero-order valence-corrected chi connectivity index (χ0v) is 12.2. The Kier molecular flexibility index (Phi) is 4.05. The molecule has 1 N–H and O–H groups in total. The van der Waals surface area contributed by atoms with Crippen LogP contribution >= 0.6 is 0 Å². The van der Waals surface area contributed by atoms with Crippen LogP contribution in [0.3, 0.4) is 0 Å². The summed E-state index contributed by atoms with van der Waals surface area (Å²) in [6.07, 6.45) is -0.135. The summed E-state index contributed by atoms with van der Waals surface area (Å²) in [4.78, 5) is 17.5. The van der Waals surface area contributed by atoms with Crippen molar-refractivity contribution in [3.8, 4) is 5.75 Å². The molecule has 5 nitrogen and oxygen atoms in total. The minimum atomic E-state index is -0.600. The molecule has 5 heteroatoms. The molecule has 22 heavy (non-hydrogen) atoms. The highest BCUT2D eigenvalue weighted by atomic mass is 16.6. The van der Waals surface area contributed by atoms with Crippen molar-refractivity contribution in [2.75, 3.05) is 12.4 Å². The number of anilines is 1. The molecule has 3 rings (SSSR count). The summed E-state index contributed by atoms with van der Waals surface area (Å²) in [7, 11) is 1.60. The zero-order valence-electron chi connectivity index (χ0n) is 12.2. The molecule has 112 valence electrons. The number of benzene rings is 2. The van der Waals surface area contributed by atoms with E-state index in [1.165, 1.54) is 0 Å². The molecular weight excluding hydrogens is 280 g/mol. The highest BCUT2D eigenvalue weighted by molar-refractivity contribution is 6.06. The fourth-order valence-electron chi connectivity index (χ4n) is 2.22. The quantitative estimate of drug-likeness (QED) is 0.943. The normalized spacial score (nSPS) is 16.6. The summed E-state index contributed by atoms with van der Waals surface area (Å²) in [5.74, 6) is 0.532. The molecule has 1 atom stereocenters. The Bertz CT molecular complexity index is 681. The van der Waals surface area contributed by atoms with Gasteiger partial charge < -0.3 is 14.9 Å². The number of methoxy groups -OCH3 is 1. The van der Waals surface area contributed by atoms with Gasteiger partial charge in [-0.05, 0) is 29.8 Å². The number of carbonyl (C=O) groups is 1. The van der Waals surface area contributed by atoms with E-state index >= 15 is 0 Å². The molecular formula is C17H16N2O3. The van der Waals surface area contributed by atoms with Crippen LogP contribution in [0.1, 0.15) is 12.0 Å². The van der Waals surface area contributed by atoms with Crippen LogP contribution in [-0.4, -0.2) is 24.8 Å². The average Bonchev–Trinajstić information content (AvgIpc) is 3.06. The maximum atomic E-state index is 12.2. The molecule has 0 radical (unpaired) electrons. The molecule has 1 aliphatic rings. The molecule has 2 aromatic rings. The van der Waals surface area contributed by atoms with Gasteiger partial charge in [-0.15, -0.1) is 0 Å². The molecule has 1 heterocycles. The van der Waals surface area contributed by atoms with Crippen molar-refractivity contribution in [3.05, 3.63) is 60.2 Å². The molecule has 1 amide bonds. The second-order valence-electron chi connectivity index (χ2n) is 4.92. The van der Waals surface area contributed by atoms with Crippen LogP contribution in [0.4, 0.5) is 5.69 Å². The fraction of sp³-hybridized carbons (Fsp3) is 0.176. The third kappa shape index (κ3) is 3.09. The standard InChI is InChI=1S/C17H16N2O3/c1-21-14-9-7-13(8-10-14)18-17(20)16-11-15(19-22-16)12-5-3-2-4-6-12/h2-10,16H,11H2,1H3,(H,18,20). The van der Waals surface area contributed by atoms with Gasteiger partial charge in [-0.2, -0.15) is 0 Å². The Balaban J connectivity index is 1.60. The molecule has 1 unspecified atom stereocenters. The zero-order chi connectivity index (χ0) is 15.4. The lowest BCUT2D eigenvalue weighted by molar-refractivity contribution is -0.125. The van der Waals surface area contributed by atoms with E-state index in [0.717, 1.165) is 17.0 Å². The number of oxime groups is 1. The minimum Gasteiger partial charge on any atom is -0.497 e. The van der Waals surface area contributed by atoms with Crippen LogP contribution in [0.2, 0.25) is 0 Å². The first-order chi connectivity index (χ1) is 10.8. The molecule has 0 fully saturated rings. The van der Waals surface area contributed by atoms with E-state index in [2.05, 4.69) is 10.5 Å². The second-order valence-corrected chi connectivity index (χ2v) is 4.92. The predicted molar refractivity (Wildman–Crippen MR) is 84.1 cm³/mol. The third-order valence-corrected chi connectivity index (χ3v) is 3.43. The number of hydrogen-bond donors (Lipinski definition) is 1. The summed E-state index contributed by atoms with van der Waals surface area (Å²) in [6, 6.07) is 16.8. The summed E-state index contributed by atoms with van der Waals surface area (Å²) in [5.41, 5.74) is 2.46. The van der Waals surface area contributed by atoms with Gasteiger partial charge in [0.15, 0.2) is 0 Å². The first kappa shape index (κ1) is 14.1. The number of rotatable bonds is 4. The summed E-state index contributed by atoms with van der Waals surface area (Å²) in [6.45, 7) is 0. The van der Waals surface area contributed by atoms with E-state index in [4.69, 9.17) is 9.57 Å². The Morgan fingerprint density at radius 1 is 1.18 bits per heavy atom. The third-order valence-electron chi connectivity index (χ3n) is 3.43. The molecule has 2 aromatic carbocycles. The molecule has 0 bridgehead atoms. The number of nitrogens with zero attached hydrogens (tertiary/aromatic N) is 1. The molecule has 0 spiro atoms. The fourth-order valence-corrected chi connectivity index (χ4v) is 2.22. The largest absolute Gasteiger partial charge is 0.497 e. The van der Waals surface area contributed by atoms with Crippen LogP contribution < -0.4 is 10.1 Å². The first-order valence-corrected chi connectivity index (χ1v) is 6.99. The molecule has 0 saturated heterocycles. The Labute approximate surface area is 128 Å². The molecule has 0 aromatic heterocycles. The average molecular weight is 296 g/mol. The highest BCUT2D eigenvalue weighted by Gasteiger charge is 2.28. The van der Waals surface area contributed by atoms with Crippen LogP contribution in [0.15, 0.2) is 59.8 Å². The highest BCUT2D eigenvalue weighted by Crippen LogP contribution is 2.19. The van der Waals surface area contributed by atoms with Gasteiger partial charge in [-0.3, -0.25) is 4.79 Å². The second kappa shape index (κ2) is 6.30. The van der Waals surface area contributed by atoms with E-state index in [1.807, 2.05) is 30.3 Å². The van der Waals surface area contributed by atoms with Crippen molar-refractivity contribution in [1.29, 1.82) is 0 Å². The van der Waals surface area contributed by atoms with Gasteiger partial charge in [0.25, 0.3) is 5.91 Å². The lowest BCUT2D eigenvalue weighted by Crippen LogP contribution is -2.28. The van der Waals surface area contributed by atoms with Crippen molar-refractivity contribution >= 4 is 17.3 Å². The Morgan fingerprint density at radius 2 is 1.91 bits per heavy atom. The van der Waals surface area contributed by atoms with Gasteiger partial charge in [0, 0.05) is 12.1 Å². The van der Waals surface area contributed by atoms with Gasteiger partial charge in [0.1, 0.15) is 5.75 Å². The van der Waals surface area contributed by atoms with Gasteiger partial charge in [0.05, 0.1) is 12.8 Å². The first-order valence-electron chi connectivity index (χ1n) is 6.99. The number of nitrogens with one attached hydrogen (secondary N) is 1. The van der Waals surface area contributed by atoms with Gasteiger partial charge >= 0.3 is 0 Å². The van der Waals surface area contributed by atoms with Crippen molar-refractivity contribution < 1.29 is 14.4 Å². The van der Waals surface area contributed by atoms with E-state index < -0.39 is 6.10 Å². The van der Waals surface area contributed by atoms with Crippen molar-refractivity contribution in [1.82, 2.24) is 0 Å². The number of carbonyl (C=O) groups excluding carboxylic acids is 1. The maximum Gasteiger partial charge on any atom is 0.268 e. The van der Waals surface area contributed by atoms with Crippen molar-refractivity contribution in [2.45, 2.75) is 12.5 Å². The van der Waals surface area contributed by atoms with Crippen LogP contribution in [-0.2, 0) is 9.63 Å². The topological polar surface area (TPSA) is 59.9 Å². The van der Waals surface area contributed by atoms with Crippen molar-refractivity contribution in [3.63, 3.8) is 0 Å². The monoisotopic (exact) mass is 296 g/mol. The summed E-state index contributed by atoms with van der Waals surface area (Å²) < 4.78 is 5.08.